The second-order valence-corrected chi connectivity index (χ2v) is 16.7. The number of halogens is 3. The number of pyridine rings is 1. The molecule has 5 heterocycles. The number of benzene rings is 2. The molecule has 0 unspecified atom stereocenters. The smallest absolute Gasteiger partial charge is 0.262 e. The lowest BCUT2D eigenvalue weighted by Gasteiger charge is -2.47. The lowest BCUT2D eigenvalue weighted by atomic mass is 9.85. The SMILES string of the molecule is C[C@@H]1CN(c2ccc3c(c2)C(=O)N([C@@H]2CCC(=O)NC2=O)C3=O)C[C@@H](C)N1CC1CCC(n2cc(-c3cnc(N)c(OCCc4c(Cl)ccc(F)c4Cl)c3)cn2)CC1. The van der Waals surface area contributed by atoms with Crippen molar-refractivity contribution in [2.75, 3.05) is 36.9 Å². The Kier molecular flexibility index (Phi) is 11.2. The van der Waals surface area contributed by atoms with Crippen LogP contribution in [-0.4, -0.2) is 92.6 Å². The predicted molar refractivity (Wildman–Crippen MR) is 217 cm³/mol. The highest BCUT2D eigenvalue weighted by Gasteiger charge is 2.45. The Morgan fingerprint density at radius 2 is 1.66 bits per heavy atom. The fraction of sp³-hybridized carbons (Fsp3) is 0.429. The number of carbonyl (C=O) groups excluding carboxylic acids is 4. The Bertz CT molecular complexity index is 2270. The Labute approximate surface area is 345 Å². The second kappa shape index (κ2) is 16.3. The number of anilines is 2. The average Bonchev–Trinajstić information content (AvgIpc) is 3.79. The Morgan fingerprint density at radius 1 is 0.914 bits per heavy atom. The summed E-state index contributed by atoms with van der Waals surface area (Å²) in [5.41, 5.74) is 9.79. The minimum atomic E-state index is -0.986. The first-order chi connectivity index (χ1) is 27.9. The topological polar surface area (TPSA) is 156 Å². The van der Waals surface area contributed by atoms with Crippen molar-refractivity contribution in [3.8, 4) is 16.9 Å². The summed E-state index contributed by atoms with van der Waals surface area (Å²) in [6.45, 7) is 7.21. The lowest BCUT2D eigenvalue weighted by molar-refractivity contribution is -0.136. The van der Waals surface area contributed by atoms with Crippen LogP contribution in [0.15, 0.2) is 55.0 Å². The average molecular weight is 832 g/mol. The van der Waals surface area contributed by atoms with Gasteiger partial charge in [-0.25, -0.2) is 9.37 Å². The molecule has 13 nitrogen and oxygen atoms in total. The first-order valence-electron chi connectivity index (χ1n) is 19.8. The summed E-state index contributed by atoms with van der Waals surface area (Å²) in [7, 11) is 0. The van der Waals surface area contributed by atoms with Crippen molar-refractivity contribution in [2.45, 2.75) is 83.0 Å². The Morgan fingerprint density at radius 3 is 2.40 bits per heavy atom. The molecule has 0 radical (unpaired) electrons. The molecule has 4 aromatic rings. The van der Waals surface area contributed by atoms with Crippen molar-refractivity contribution in [2.24, 2.45) is 5.92 Å². The molecule has 4 aliphatic rings. The van der Waals surface area contributed by atoms with Crippen LogP contribution in [-0.2, 0) is 16.0 Å². The van der Waals surface area contributed by atoms with Crippen LogP contribution in [0.5, 0.6) is 5.75 Å². The number of nitrogens with one attached hydrogen (secondary N) is 1. The molecule has 304 valence electrons. The summed E-state index contributed by atoms with van der Waals surface area (Å²) in [5, 5.41) is 7.33. The van der Waals surface area contributed by atoms with Gasteiger partial charge in [0.1, 0.15) is 11.9 Å². The Balaban J connectivity index is 0.839. The monoisotopic (exact) mass is 830 g/mol. The van der Waals surface area contributed by atoms with E-state index < -0.39 is 35.5 Å². The molecule has 2 aromatic carbocycles. The van der Waals surface area contributed by atoms with E-state index in [2.05, 4.69) is 38.6 Å². The maximum atomic E-state index is 14.0. The molecule has 1 aliphatic carbocycles. The molecule has 1 saturated carbocycles. The fourth-order valence-corrected chi connectivity index (χ4v) is 9.51. The number of imide groups is 2. The quantitative estimate of drug-likeness (QED) is 0.137. The van der Waals surface area contributed by atoms with E-state index in [1.807, 2.05) is 24.5 Å². The molecule has 3 N–H and O–H groups in total. The van der Waals surface area contributed by atoms with Crippen LogP contribution >= 0.6 is 23.2 Å². The van der Waals surface area contributed by atoms with Crippen molar-refractivity contribution >= 4 is 58.3 Å². The van der Waals surface area contributed by atoms with Crippen LogP contribution < -0.4 is 20.7 Å². The predicted octanol–water partition coefficient (Wildman–Crippen LogP) is 6.33. The summed E-state index contributed by atoms with van der Waals surface area (Å²) in [6, 6.07) is 9.72. The van der Waals surface area contributed by atoms with Crippen molar-refractivity contribution in [1.82, 2.24) is 29.9 Å². The van der Waals surface area contributed by atoms with Gasteiger partial charge in [-0.2, -0.15) is 5.10 Å². The summed E-state index contributed by atoms with van der Waals surface area (Å²) in [6.07, 6.45) is 10.3. The first kappa shape index (κ1) is 39.8. The highest BCUT2D eigenvalue weighted by atomic mass is 35.5. The van der Waals surface area contributed by atoms with Gasteiger partial charge in [0, 0.05) is 78.8 Å². The number of fused-ring (bicyclic) bond motifs is 1. The molecule has 3 aliphatic heterocycles. The lowest BCUT2D eigenvalue weighted by Crippen LogP contribution is -2.58. The van der Waals surface area contributed by atoms with Gasteiger partial charge < -0.3 is 15.4 Å². The van der Waals surface area contributed by atoms with E-state index in [1.165, 1.54) is 12.1 Å². The molecule has 2 saturated heterocycles. The Hall–Kier alpha value is -5.05. The van der Waals surface area contributed by atoms with Gasteiger partial charge in [0.15, 0.2) is 11.6 Å². The molecule has 0 spiro atoms. The van der Waals surface area contributed by atoms with Crippen molar-refractivity contribution in [3.05, 3.63) is 87.5 Å². The highest BCUT2D eigenvalue weighted by molar-refractivity contribution is 6.36. The highest BCUT2D eigenvalue weighted by Crippen LogP contribution is 2.37. The van der Waals surface area contributed by atoms with Crippen LogP contribution in [0.4, 0.5) is 15.9 Å². The number of nitrogens with two attached hydrogens (primary N) is 1. The zero-order valence-corrected chi connectivity index (χ0v) is 33.8. The number of ether oxygens (including phenoxy) is 1. The third-order valence-corrected chi connectivity index (χ3v) is 12.9. The van der Waals surface area contributed by atoms with Gasteiger partial charge in [0.25, 0.3) is 11.8 Å². The van der Waals surface area contributed by atoms with Gasteiger partial charge in [-0.3, -0.25) is 39.0 Å². The number of hydrogen-bond donors (Lipinski definition) is 2. The number of hydrogen-bond acceptors (Lipinski definition) is 10. The molecule has 16 heteroatoms. The molecular formula is C42H45Cl2FN8O5. The van der Waals surface area contributed by atoms with Crippen molar-refractivity contribution < 1.29 is 28.3 Å². The number of aromatic nitrogens is 3. The molecular weight excluding hydrogens is 786 g/mol. The number of piperidine rings is 1. The van der Waals surface area contributed by atoms with E-state index >= 15 is 0 Å². The standard InChI is InChI=1S/C42H45Cl2FN8O5/c1-23-19-50(29-7-8-30-32(16-29)42(57)53(41(30)56)35-11-12-37(54)49-40(35)55)20-24(2)51(23)21-25-3-5-28(6-4-25)52-22-27(18-48-52)26-15-36(39(46)47-17-26)58-14-13-31-33(43)9-10-34(45)38(31)44/h7-10,15-18,22-25,28,35H,3-6,11-14,19-21H2,1-2H3,(H2,46,47)(H,49,54,55)/t23-,24-,25?,28?,35-/m1/s1. The largest absolute Gasteiger partial charge is 0.489 e. The van der Waals surface area contributed by atoms with Gasteiger partial charge in [0.2, 0.25) is 11.8 Å². The molecule has 8 rings (SSSR count). The minimum Gasteiger partial charge on any atom is -0.489 e. The van der Waals surface area contributed by atoms with Gasteiger partial charge in [-0.15, -0.1) is 0 Å². The van der Waals surface area contributed by atoms with Gasteiger partial charge in [0.05, 0.1) is 35.0 Å². The van der Waals surface area contributed by atoms with Crippen LogP contribution in [0.3, 0.4) is 0 Å². The van der Waals surface area contributed by atoms with Gasteiger partial charge in [-0.1, -0.05) is 23.2 Å². The number of nitrogen functional groups attached to an aromatic ring is 1. The van der Waals surface area contributed by atoms with E-state index in [0.29, 0.717) is 34.2 Å². The van der Waals surface area contributed by atoms with E-state index in [1.54, 1.807) is 18.3 Å². The summed E-state index contributed by atoms with van der Waals surface area (Å²) < 4.78 is 22.0. The zero-order chi connectivity index (χ0) is 40.8. The van der Waals surface area contributed by atoms with E-state index in [0.717, 1.165) is 67.0 Å². The normalized spacial score (nSPS) is 24.0. The number of rotatable bonds is 10. The number of carbonyl (C=O) groups is 4. The van der Waals surface area contributed by atoms with Gasteiger partial charge >= 0.3 is 0 Å². The molecule has 4 amide bonds. The number of nitrogens with zero attached hydrogens (tertiary/aromatic N) is 6. The summed E-state index contributed by atoms with van der Waals surface area (Å²) in [4.78, 5) is 61.0. The molecule has 0 bridgehead atoms. The van der Waals surface area contributed by atoms with E-state index in [9.17, 15) is 23.6 Å². The third kappa shape index (κ3) is 7.76. The van der Waals surface area contributed by atoms with Crippen molar-refractivity contribution in [3.63, 3.8) is 0 Å². The maximum Gasteiger partial charge on any atom is 0.262 e. The molecule has 58 heavy (non-hydrogen) atoms. The van der Waals surface area contributed by atoms with Crippen LogP contribution in [0, 0.1) is 11.7 Å². The summed E-state index contributed by atoms with van der Waals surface area (Å²) >= 11 is 12.4. The van der Waals surface area contributed by atoms with Gasteiger partial charge in [-0.05, 0) is 93.8 Å². The number of piperazine rings is 1. The first-order valence-corrected chi connectivity index (χ1v) is 20.5. The van der Waals surface area contributed by atoms with E-state index in [-0.39, 0.29) is 54.0 Å². The minimum absolute atomic E-state index is 0.0164. The van der Waals surface area contributed by atoms with Crippen LogP contribution in [0.25, 0.3) is 11.1 Å². The maximum absolute atomic E-state index is 14.0. The second-order valence-electron chi connectivity index (χ2n) is 15.9. The molecule has 2 aromatic heterocycles. The van der Waals surface area contributed by atoms with Crippen molar-refractivity contribution in [1.29, 1.82) is 0 Å². The van der Waals surface area contributed by atoms with Crippen LogP contribution in [0.1, 0.15) is 84.7 Å². The molecule has 3 fully saturated rings. The van der Waals surface area contributed by atoms with Crippen LogP contribution in [0.2, 0.25) is 10.0 Å². The summed E-state index contributed by atoms with van der Waals surface area (Å²) in [5.74, 6) is -1.32. The fourth-order valence-electron chi connectivity index (χ4n) is 8.95. The zero-order valence-electron chi connectivity index (χ0n) is 32.3. The third-order valence-electron chi connectivity index (χ3n) is 12.1. The number of amides is 4. The van der Waals surface area contributed by atoms with E-state index in [4.69, 9.17) is 38.8 Å². The molecule has 3 atom stereocenters.